The van der Waals surface area contributed by atoms with Gasteiger partial charge in [-0.3, -0.25) is 14.5 Å². The van der Waals surface area contributed by atoms with Gasteiger partial charge in [-0.2, -0.15) is 0 Å². The van der Waals surface area contributed by atoms with Gasteiger partial charge in [0.05, 0.1) is 4.91 Å². The Hall–Kier alpha value is -1.49. The highest BCUT2D eigenvalue weighted by molar-refractivity contribution is 8.18. The van der Waals surface area contributed by atoms with Crippen LogP contribution in [0.3, 0.4) is 0 Å². The lowest BCUT2D eigenvalue weighted by molar-refractivity contribution is -0.122. The lowest BCUT2D eigenvalue weighted by Crippen LogP contribution is -2.28. The van der Waals surface area contributed by atoms with Gasteiger partial charge >= 0.3 is 0 Å². The molecule has 0 unspecified atom stereocenters. The van der Waals surface area contributed by atoms with Crippen molar-refractivity contribution < 1.29 is 9.59 Å². The molecule has 0 radical (unpaired) electrons. The largest absolute Gasteiger partial charge is 0.352 e. The minimum absolute atomic E-state index is 0.164. The average Bonchev–Trinajstić information content (AvgIpc) is 2.76. The summed E-state index contributed by atoms with van der Waals surface area (Å²) in [6, 6.07) is 2.03. The molecule has 0 N–H and O–H groups in total. The Morgan fingerprint density at radius 2 is 2.00 bits per heavy atom. The van der Waals surface area contributed by atoms with Crippen LogP contribution in [0.2, 0.25) is 0 Å². The highest BCUT2D eigenvalue weighted by atomic mass is 32.2. The predicted molar refractivity (Wildman–Crippen MR) is 77.9 cm³/mol. The summed E-state index contributed by atoms with van der Waals surface area (Å²) in [4.78, 5) is 25.7. The van der Waals surface area contributed by atoms with E-state index in [-0.39, 0.29) is 11.1 Å². The van der Waals surface area contributed by atoms with Crippen LogP contribution in [0.25, 0.3) is 6.08 Å². The molecule has 1 saturated heterocycles. The Balaban J connectivity index is 2.32. The molecule has 4 nitrogen and oxygen atoms in total. The van der Waals surface area contributed by atoms with Gasteiger partial charge in [-0.25, -0.2) is 0 Å². The summed E-state index contributed by atoms with van der Waals surface area (Å²) < 4.78 is 2.07. The molecular weight excluding hydrogens is 260 g/mol. The highest BCUT2D eigenvalue weighted by Crippen LogP contribution is 2.33. The standard InChI is InChI=1S/C14H18N2O2S/c1-5-6-16-13(17)12(19-14(16)18)8-11-7-9(2)15(4)10(11)3/h7-8H,5-6H2,1-4H3/b12-8-. The maximum atomic E-state index is 12.1. The van der Waals surface area contributed by atoms with Gasteiger partial charge in [-0.05, 0) is 49.7 Å². The van der Waals surface area contributed by atoms with Crippen molar-refractivity contribution in [3.63, 3.8) is 0 Å². The molecule has 1 fully saturated rings. The average molecular weight is 278 g/mol. The van der Waals surface area contributed by atoms with Crippen LogP contribution in [0.1, 0.15) is 30.3 Å². The number of thioether (sulfide) groups is 1. The smallest absolute Gasteiger partial charge is 0.293 e. The van der Waals surface area contributed by atoms with Crippen molar-refractivity contribution in [3.8, 4) is 0 Å². The number of carbonyl (C=O) groups excluding carboxylic acids is 2. The third-order valence-corrected chi connectivity index (χ3v) is 4.33. The molecule has 0 spiro atoms. The second-order valence-corrected chi connectivity index (χ2v) is 5.71. The summed E-state index contributed by atoms with van der Waals surface area (Å²) in [7, 11) is 1.99. The molecule has 0 bridgehead atoms. The number of hydrogen-bond donors (Lipinski definition) is 0. The number of imide groups is 1. The molecular formula is C14H18N2O2S. The van der Waals surface area contributed by atoms with Crippen molar-refractivity contribution in [3.05, 3.63) is 27.9 Å². The first-order chi connectivity index (χ1) is 8.95. The molecule has 19 heavy (non-hydrogen) atoms. The molecule has 2 amide bonds. The Morgan fingerprint density at radius 3 is 2.53 bits per heavy atom. The van der Waals surface area contributed by atoms with Crippen LogP contribution in [-0.2, 0) is 11.8 Å². The third-order valence-electron chi connectivity index (χ3n) is 3.42. The normalized spacial score (nSPS) is 17.9. The van der Waals surface area contributed by atoms with Crippen LogP contribution in [0.15, 0.2) is 11.0 Å². The first-order valence-electron chi connectivity index (χ1n) is 6.34. The van der Waals surface area contributed by atoms with Crippen LogP contribution in [0.5, 0.6) is 0 Å². The minimum Gasteiger partial charge on any atom is -0.352 e. The van der Waals surface area contributed by atoms with Crippen LogP contribution in [0.4, 0.5) is 4.79 Å². The van der Waals surface area contributed by atoms with Crippen LogP contribution < -0.4 is 0 Å². The predicted octanol–water partition coefficient (Wildman–Crippen LogP) is 3.09. The molecule has 1 aliphatic rings. The van der Waals surface area contributed by atoms with Crippen molar-refractivity contribution >= 4 is 29.0 Å². The quantitative estimate of drug-likeness (QED) is 0.798. The fourth-order valence-electron chi connectivity index (χ4n) is 2.09. The SMILES string of the molecule is CCCN1C(=O)S/C(=C\c2cc(C)n(C)c2C)C1=O. The molecule has 2 rings (SSSR count). The Kier molecular flexibility index (Phi) is 3.85. The van der Waals surface area contributed by atoms with Gasteiger partial charge in [0.2, 0.25) is 0 Å². The van der Waals surface area contributed by atoms with Crippen molar-refractivity contribution in [1.82, 2.24) is 9.47 Å². The number of hydrogen-bond acceptors (Lipinski definition) is 3. The monoisotopic (exact) mass is 278 g/mol. The molecule has 0 aliphatic carbocycles. The third kappa shape index (κ3) is 2.47. The summed E-state index contributed by atoms with van der Waals surface area (Å²) in [5.74, 6) is -0.169. The van der Waals surface area contributed by atoms with E-state index in [1.54, 1.807) is 0 Å². The van der Waals surface area contributed by atoms with Crippen molar-refractivity contribution in [2.75, 3.05) is 6.54 Å². The molecule has 102 valence electrons. The Bertz CT molecular complexity index is 572. The first-order valence-corrected chi connectivity index (χ1v) is 7.15. The Morgan fingerprint density at radius 1 is 1.32 bits per heavy atom. The second kappa shape index (κ2) is 5.25. The van der Waals surface area contributed by atoms with Crippen molar-refractivity contribution in [2.24, 2.45) is 7.05 Å². The maximum Gasteiger partial charge on any atom is 0.293 e. The molecule has 0 saturated carbocycles. The molecule has 2 heterocycles. The molecule has 5 heteroatoms. The summed E-state index contributed by atoms with van der Waals surface area (Å²) in [6.07, 6.45) is 2.61. The van der Waals surface area contributed by atoms with E-state index >= 15 is 0 Å². The lowest BCUT2D eigenvalue weighted by atomic mass is 10.2. The fraction of sp³-hybridized carbons (Fsp3) is 0.429. The second-order valence-electron chi connectivity index (χ2n) is 4.72. The molecule has 1 aromatic heterocycles. The molecule has 0 aromatic carbocycles. The zero-order valence-corrected chi connectivity index (χ0v) is 12.5. The van der Waals surface area contributed by atoms with Gasteiger partial charge in [0.15, 0.2) is 0 Å². The summed E-state index contributed by atoms with van der Waals surface area (Å²) in [5.41, 5.74) is 3.23. The number of carbonyl (C=O) groups is 2. The van der Waals surface area contributed by atoms with Crippen LogP contribution >= 0.6 is 11.8 Å². The summed E-state index contributed by atoms with van der Waals surface area (Å²) in [6.45, 7) is 6.48. The molecule has 0 atom stereocenters. The number of nitrogens with zero attached hydrogens (tertiary/aromatic N) is 2. The van der Waals surface area contributed by atoms with E-state index in [4.69, 9.17) is 0 Å². The zero-order valence-electron chi connectivity index (χ0n) is 11.7. The molecule has 1 aromatic rings. The number of aryl methyl sites for hydroxylation is 1. The summed E-state index contributed by atoms with van der Waals surface area (Å²) in [5, 5.41) is -0.164. The van der Waals surface area contributed by atoms with Gasteiger partial charge in [0, 0.05) is 25.0 Å². The number of aromatic nitrogens is 1. The fourth-order valence-corrected chi connectivity index (χ4v) is 2.94. The van der Waals surface area contributed by atoms with Gasteiger partial charge in [-0.1, -0.05) is 6.92 Å². The minimum atomic E-state index is -0.169. The lowest BCUT2D eigenvalue weighted by Gasteiger charge is -2.09. The van der Waals surface area contributed by atoms with E-state index < -0.39 is 0 Å². The van der Waals surface area contributed by atoms with Crippen LogP contribution in [-0.4, -0.2) is 27.2 Å². The van der Waals surface area contributed by atoms with Crippen molar-refractivity contribution in [1.29, 1.82) is 0 Å². The van der Waals surface area contributed by atoms with Gasteiger partial charge in [-0.15, -0.1) is 0 Å². The van der Waals surface area contributed by atoms with E-state index in [0.29, 0.717) is 11.4 Å². The van der Waals surface area contributed by atoms with Gasteiger partial charge in [0.1, 0.15) is 0 Å². The van der Waals surface area contributed by atoms with E-state index in [9.17, 15) is 9.59 Å². The van der Waals surface area contributed by atoms with Crippen LogP contribution in [0, 0.1) is 13.8 Å². The van der Waals surface area contributed by atoms with Crippen molar-refractivity contribution in [2.45, 2.75) is 27.2 Å². The highest BCUT2D eigenvalue weighted by Gasteiger charge is 2.34. The summed E-state index contributed by atoms with van der Waals surface area (Å²) >= 11 is 1.03. The number of rotatable bonds is 3. The Labute approximate surface area is 117 Å². The number of amides is 2. The van der Waals surface area contributed by atoms with E-state index in [1.807, 2.05) is 40.0 Å². The van der Waals surface area contributed by atoms with E-state index in [0.717, 1.165) is 35.1 Å². The molecule has 1 aliphatic heterocycles. The first kappa shape index (κ1) is 13.9. The van der Waals surface area contributed by atoms with E-state index in [1.165, 1.54) is 4.90 Å². The van der Waals surface area contributed by atoms with Gasteiger partial charge < -0.3 is 4.57 Å². The zero-order chi connectivity index (χ0) is 14.2. The maximum absolute atomic E-state index is 12.1. The van der Waals surface area contributed by atoms with Gasteiger partial charge in [0.25, 0.3) is 11.1 Å². The van der Waals surface area contributed by atoms with E-state index in [2.05, 4.69) is 4.57 Å². The topological polar surface area (TPSA) is 42.3 Å².